The molecule has 18 heavy (non-hydrogen) atoms. The standard InChI is InChI=1S/C13H19Cl2NO2/c1-3-4-8(2)16-7-12(17)9-5-10(14)13(18)11(15)6-9/h5-6,8,12,16-18H,3-4,7H2,1-2H3. The minimum atomic E-state index is -0.695. The molecule has 0 fully saturated rings. The van der Waals surface area contributed by atoms with Crippen molar-refractivity contribution in [2.24, 2.45) is 0 Å². The van der Waals surface area contributed by atoms with Gasteiger partial charge in [-0.3, -0.25) is 0 Å². The van der Waals surface area contributed by atoms with Gasteiger partial charge in [-0.25, -0.2) is 0 Å². The molecule has 0 aliphatic carbocycles. The highest BCUT2D eigenvalue weighted by Gasteiger charge is 2.13. The van der Waals surface area contributed by atoms with Crippen molar-refractivity contribution in [2.45, 2.75) is 38.8 Å². The van der Waals surface area contributed by atoms with Crippen molar-refractivity contribution in [1.82, 2.24) is 5.32 Å². The third kappa shape index (κ3) is 4.32. The van der Waals surface area contributed by atoms with Crippen LogP contribution in [0.2, 0.25) is 10.0 Å². The van der Waals surface area contributed by atoms with E-state index in [1.54, 1.807) is 0 Å². The van der Waals surface area contributed by atoms with Crippen molar-refractivity contribution in [3.05, 3.63) is 27.7 Å². The first kappa shape index (κ1) is 15.6. The molecule has 1 rings (SSSR count). The average molecular weight is 292 g/mol. The van der Waals surface area contributed by atoms with Gasteiger partial charge in [0, 0.05) is 12.6 Å². The van der Waals surface area contributed by atoms with Crippen LogP contribution in [-0.2, 0) is 0 Å². The molecule has 0 aliphatic heterocycles. The Kier molecular flexibility index (Phi) is 6.22. The molecule has 0 saturated carbocycles. The normalized spacial score (nSPS) is 14.5. The smallest absolute Gasteiger partial charge is 0.152 e. The highest BCUT2D eigenvalue weighted by atomic mass is 35.5. The van der Waals surface area contributed by atoms with E-state index in [0.717, 1.165) is 12.8 Å². The molecule has 1 aromatic carbocycles. The van der Waals surface area contributed by atoms with Gasteiger partial charge in [-0.15, -0.1) is 0 Å². The van der Waals surface area contributed by atoms with Crippen LogP contribution < -0.4 is 5.32 Å². The first-order valence-corrected chi connectivity index (χ1v) is 6.80. The summed E-state index contributed by atoms with van der Waals surface area (Å²) < 4.78 is 0. The molecule has 2 unspecified atom stereocenters. The van der Waals surface area contributed by atoms with E-state index in [4.69, 9.17) is 23.2 Å². The van der Waals surface area contributed by atoms with E-state index in [9.17, 15) is 10.2 Å². The lowest BCUT2D eigenvalue weighted by molar-refractivity contribution is 0.170. The summed E-state index contributed by atoms with van der Waals surface area (Å²) >= 11 is 11.6. The molecule has 0 aromatic heterocycles. The summed E-state index contributed by atoms with van der Waals surface area (Å²) in [6.07, 6.45) is 1.46. The molecule has 1 aromatic rings. The molecule has 2 atom stereocenters. The molecule has 0 spiro atoms. The lowest BCUT2D eigenvalue weighted by Gasteiger charge is -2.17. The summed E-state index contributed by atoms with van der Waals surface area (Å²) in [5.41, 5.74) is 0.596. The number of phenols is 1. The Hall–Kier alpha value is -0.480. The fourth-order valence-electron chi connectivity index (χ4n) is 1.74. The Labute approximate surface area is 118 Å². The number of benzene rings is 1. The van der Waals surface area contributed by atoms with Crippen LogP contribution in [0.15, 0.2) is 12.1 Å². The maximum absolute atomic E-state index is 10.0. The fraction of sp³-hybridized carbons (Fsp3) is 0.538. The number of nitrogens with one attached hydrogen (secondary N) is 1. The largest absolute Gasteiger partial charge is 0.505 e. The van der Waals surface area contributed by atoms with Gasteiger partial charge >= 0.3 is 0 Å². The second-order valence-corrected chi connectivity index (χ2v) is 5.26. The van der Waals surface area contributed by atoms with Crippen LogP contribution in [0.1, 0.15) is 38.4 Å². The third-order valence-corrected chi connectivity index (χ3v) is 3.38. The maximum atomic E-state index is 10.0. The van der Waals surface area contributed by atoms with Crippen molar-refractivity contribution >= 4 is 23.2 Å². The zero-order valence-corrected chi connectivity index (χ0v) is 12.1. The van der Waals surface area contributed by atoms with Gasteiger partial charge in [0.2, 0.25) is 0 Å². The number of hydrogen-bond acceptors (Lipinski definition) is 3. The molecule has 0 aliphatic rings. The molecule has 5 heteroatoms. The maximum Gasteiger partial charge on any atom is 0.152 e. The van der Waals surface area contributed by atoms with E-state index in [2.05, 4.69) is 19.2 Å². The summed E-state index contributed by atoms with van der Waals surface area (Å²) in [5, 5.41) is 23.0. The summed E-state index contributed by atoms with van der Waals surface area (Å²) in [6.45, 7) is 4.62. The molecule has 3 nitrogen and oxygen atoms in total. The Morgan fingerprint density at radius 2 is 1.83 bits per heavy atom. The predicted octanol–water partition coefficient (Wildman–Crippen LogP) is 3.51. The molecule has 0 radical (unpaired) electrons. The van der Waals surface area contributed by atoms with E-state index in [0.29, 0.717) is 18.2 Å². The average Bonchev–Trinajstić information content (AvgIpc) is 2.32. The van der Waals surface area contributed by atoms with Gasteiger partial charge in [0.05, 0.1) is 16.1 Å². The molecule has 0 heterocycles. The SMILES string of the molecule is CCCC(C)NCC(O)c1cc(Cl)c(O)c(Cl)c1. The van der Waals surface area contributed by atoms with Gasteiger partial charge < -0.3 is 15.5 Å². The van der Waals surface area contributed by atoms with E-state index in [-0.39, 0.29) is 15.8 Å². The van der Waals surface area contributed by atoms with E-state index in [1.807, 2.05) is 0 Å². The van der Waals surface area contributed by atoms with Crippen LogP contribution >= 0.6 is 23.2 Å². The van der Waals surface area contributed by atoms with Gasteiger partial charge in [-0.1, -0.05) is 36.5 Å². The number of aromatic hydroxyl groups is 1. The van der Waals surface area contributed by atoms with Crippen molar-refractivity contribution < 1.29 is 10.2 Å². The zero-order valence-electron chi connectivity index (χ0n) is 10.6. The number of rotatable bonds is 6. The Balaban J connectivity index is 2.64. The van der Waals surface area contributed by atoms with Crippen molar-refractivity contribution in [3.8, 4) is 5.75 Å². The Bertz CT molecular complexity index is 376. The first-order valence-electron chi connectivity index (χ1n) is 6.05. The van der Waals surface area contributed by atoms with Crippen LogP contribution in [0, 0.1) is 0 Å². The van der Waals surface area contributed by atoms with Crippen LogP contribution in [0.25, 0.3) is 0 Å². The summed E-state index contributed by atoms with van der Waals surface area (Å²) in [5.74, 6) is -0.151. The van der Waals surface area contributed by atoms with Crippen LogP contribution in [-0.4, -0.2) is 22.8 Å². The highest BCUT2D eigenvalue weighted by Crippen LogP contribution is 2.34. The van der Waals surface area contributed by atoms with E-state index in [1.165, 1.54) is 12.1 Å². The van der Waals surface area contributed by atoms with Gasteiger partial charge in [0.15, 0.2) is 5.75 Å². The lowest BCUT2D eigenvalue weighted by Crippen LogP contribution is -2.30. The minimum absolute atomic E-state index is 0.151. The molecular formula is C13H19Cl2NO2. The fourth-order valence-corrected chi connectivity index (χ4v) is 2.25. The number of halogens is 2. The van der Waals surface area contributed by atoms with Crippen LogP contribution in [0.5, 0.6) is 5.75 Å². The van der Waals surface area contributed by atoms with Gasteiger partial charge in [-0.2, -0.15) is 0 Å². The minimum Gasteiger partial charge on any atom is -0.505 e. The van der Waals surface area contributed by atoms with Crippen molar-refractivity contribution in [1.29, 1.82) is 0 Å². The summed E-state index contributed by atoms with van der Waals surface area (Å²) in [6, 6.07) is 3.41. The van der Waals surface area contributed by atoms with E-state index >= 15 is 0 Å². The van der Waals surface area contributed by atoms with Gasteiger partial charge in [0.1, 0.15) is 0 Å². The van der Waals surface area contributed by atoms with Crippen molar-refractivity contribution in [3.63, 3.8) is 0 Å². The third-order valence-electron chi connectivity index (χ3n) is 2.81. The summed E-state index contributed by atoms with van der Waals surface area (Å²) in [4.78, 5) is 0. The number of aliphatic hydroxyl groups is 1. The van der Waals surface area contributed by atoms with Gasteiger partial charge in [-0.05, 0) is 31.0 Å². The van der Waals surface area contributed by atoms with Crippen molar-refractivity contribution in [2.75, 3.05) is 6.54 Å². The second-order valence-electron chi connectivity index (χ2n) is 4.45. The first-order chi connectivity index (χ1) is 8.45. The topological polar surface area (TPSA) is 52.5 Å². The molecule has 0 amide bonds. The zero-order chi connectivity index (χ0) is 13.7. The lowest BCUT2D eigenvalue weighted by atomic mass is 10.1. The molecule has 102 valence electrons. The Morgan fingerprint density at radius 1 is 1.28 bits per heavy atom. The molecule has 0 bridgehead atoms. The second kappa shape index (κ2) is 7.19. The van der Waals surface area contributed by atoms with Crippen LogP contribution in [0.4, 0.5) is 0 Å². The number of phenolic OH excluding ortho intramolecular Hbond substituents is 1. The van der Waals surface area contributed by atoms with E-state index < -0.39 is 6.10 Å². The predicted molar refractivity (Wildman–Crippen MR) is 75.5 cm³/mol. The summed E-state index contributed by atoms with van der Waals surface area (Å²) in [7, 11) is 0. The molecular weight excluding hydrogens is 273 g/mol. The monoisotopic (exact) mass is 291 g/mol. The van der Waals surface area contributed by atoms with Gasteiger partial charge in [0.25, 0.3) is 0 Å². The Morgan fingerprint density at radius 3 is 2.33 bits per heavy atom. The quantitative estimate of drug-likeness (QED) is 0.752. The number of hydrogen-bond donors (Lipinski definition) is 3. The number of aliphatic hydroxyl groups excluding tert-OH is 1. The molecule has 3 N–H and O–H groups in total. The molecule has 0 saturated heterocycles. The highest BCUT2D eigenvalue weighted by molar-refractivity contribution is 6.37. The van der Waals surface area contributed by atoms with Crippen LogP contribution in [0.3, 0.4) is 0 Å².